The van der Waals surface area contributed by atoms with Crippen molar-refractivity contribution in [1.82, 2.24) is 14.1 Å². The first-order valence-electron chi connectivity index (χ1n) is 9.54. The molecule has 0 amide bonds. The van der Waals surface area contributed by atoms with Gasteiger partial charge in [-0.05, 0) is 44.2 Å². The molecule has 5 nitrogen and oxygen atoms in total. The third-order valence-electron chi connectivity index (χ3n) is 5.30. The highest BCUT2D eigenvalue weighted by molar-refractivity contribution is 7.99. The van der Waals surface area contributed by atoms with Gasteiger partial charge in [-0.1, -0.05) is 23.9 Å². The smallest absolute Gasteiger partial charge is 0.266 e. The second-order valence-electron chi connectivity index (χ2n) is 7.20. The molecule has 4 aromatic rings. The first-order chi connectivity index (χ1) is 14.8. The predicted octanol–water partition coefficient (Wildman–Crippen LogP) is 4.59. The van der Waals surface area contributed by atoms with Crippen molar-refractivity contribution < 1.29 is 13.6 Å². The van der Waals surface area contributed by atoms with Crippen LogP contribution >= 0.6 is 11.8 Å². The van der Waals surface area contributed by atoms with Gasteiger partial charge < -0.3 is 4.57 Å². The number of aromatic nitrogens is 3. The summed E-state index contributed by atoms with van der Waals surface area (Å²) < 4.78 is 31.0. The Kier molecular flexibility index (Phi) is 5.49. The highest BCUT2D eigenvalue weighted by atomic mass is 32.2. The van der Waals surface area contributed by atoms with Crippen LogP contribution in [0.3, 0.4) is 0 Å². The normalized spacial score (nSPS) is 11.3. The molecule has 0 bridgehead atoms. The van der Waals surface area contributed by atoms with Crippen molar-refractivity contribution in [2.75, 3.05) is 5.75 Å². The van der Waals surface area contributed by atoms with Crippen LogP contribution in [-0.4, -0.2) is 25.7 Å². The molecular formula is C23H19F2N3O2S. The van der Waals surface area contributed by atoms with Crippen LogP contribution in [0.15, 0.2) is 58.5 Å². The fourth-order valence-corrected chi connectivity index (χ4v) is 4.32. The molecule has 2 aromatic heterocycles. The Morgan fingerprint density at radius 2 is 1.84 bits per heavy atom. The summed E-state index contributed by atoms with van der Waals surface area (Å²) in [7, 11) is 1.88. The van der Waals surface area contributed by atoms with Gasteiger partial charge in [0.25, 0.3) is 5.56 Å². The number of ketones is 1. The number of benzene rings is 2. The quantitative estimate of drug-likeness (QED) is 0.259. The van der Waals surface area contributed by atoms with Crippen LogP contribution in [-0.2, 0) is 7.05 Å². The Labute approximate surface area is 181 Å². The summed E-state index contributed by atoms with van der Waals surface area (Å²) in [6, 6.07) is 11.5. The number of para-hydroxylation sites is 1. The molecular weight excluding hydrogens is 420 g/mol. The topological polar surface area (TPSA) is 56.9 Å². The van der Waals surface area contributed by atoms with Gasteiger partial charge in [0.05, 0.1) is 22.3 Å². The average Bonchev–Trinajstić information content (AvgIpc) is 3.00. The highest BCUT2D eigenvalue weighted by Crippen LogP contribution is 2.25. The minimum atomic E-state index is -0.887. The lowest BCUT2D eigenvalue weighted by Gasteiger charge is -2.14. The van der Waals surface area contributed by atoms with E-state index in [0.29, 0.717) is 22.5 Å². The molecule has 0 fully saturated rings. The summed E-state index contributed by atoms with van der Waals surface area (Å²) in [5.74, 6) is -1.75. The number of halogens is 2. The first-order valence-corrected chi connectivity index (χ1v) is 10.5. The summed E-state index contributed by atoms with van der Waals surface area (Å²) in [4.78, 5) is 30.5. The van der Waals surface area contributed by atoms with Crippen molar-refractivity contribution in [3.05, 3.63) is 87.5 Å². The van der Waals surface area contributed by atoms with E-state index in [-0.39, 0.29) is 22.4 Å². The summed E-state index contributed by atoms with van der Waals surface area (Å²) in [6.45, 7) is 3.78. The Balaban J connectivity index is 1.80. The number of hydrogen-bond acceptors (Lipinski definition) is 4. The zero-order valence-corrected chi connectivity index (χ0v) is 18.0. The third kappa shape index (κ3) is 3.79. The largest absolute Gasteiger partial charge is 0.351 e. The highest BCUT2D eigenvalue weighted by Gasteiger charge is 2.19. The van der Waals surface area contributed by atoms with E-state index >= 15 is 0 Å². The van der Waals surface area contributed by atoms with E-state index in [1.807, 2.05) is 31.5 Å². The maximum atomic E-state index is 14.6. The molecule has 2 heterocycles. The monoisotopic (exact) mass is 439 g/mol. The molecule has 0 saturated carbocycles. The summed E-state index contributed by atoms with van der Waals surface area (Å²) in [5, 5.41) is 0.462. The van der Waals surface area contributed by atoms with Crippen molar-refractivity contribution in [2.24, 2.45) is 7.05 Å². The van der Waals surface area contributed by atoms with Gasteiger partial charge >= 0.3 is 0 Å². The van der Waals surface area contributed by atoms with Crippen molar-refractivity contribution in [1.29, 1.82) is 0 Å². The molecule has 31 heavy (non-hydrogen) atoms. The lowest BCUT2D eigenvalue weighted by atomic mass is 10.2. The zero-order chi connectivity index (χ0) is 22.3. The molecule has 0 aliphatic heterocycles. The van der Waals surface area contributed by atoms with Crippen molar-refractivity contribution in [3.63, 3.8) is 0 Å². The van der Waals surface area contributed by atoms with Crippen LogP contribution in [0.1, 0.15) is 21.7 Å². The van der Waals surface area contributed by atoms with Crippen LogP contribution in [0.25, 0.3) is 16.6 Å². The van der Waals surface area contributed by atoms with Crippen LogP contribution < -0.4 is 5.56 Å². The minimum absolute atomic E-state index is 0.0118. The first kappa shape index (κ1) is 21.0. The number of Topliss-reactive ketones (excluding diaryl/α,β-unsaturated/α-hetero) is 1. The van der Waals surface area contributed by atoms with E-state index in [1.54, 1.807) is 24.3 Å². The van der Waals surface area contributed by atoms with Crippen molar-refractivity contribution in [2.45, 2.75) is 19.0 Å². The van der Waals surface area contributed by atoms with Gasteiger partial charge in [0, 0.05) is 30.1 Å². The fourth-order valence-electron chi connectivity index (χ4n) is 3.43. The van der Waals surface area contributed by atoms with Gasteiger partial charge in [0.1, 0.15) is 11.6 Å². The van der Waals surface area contributed by atoms with E-state index < -0.39 is 17.2 Å². The average molecular weight is 439 g/mol. The fraction of sp³-hybridized carbons (Fsp3) is 0.174. The van der Waals surface area contributed by atoms with Gasteiger partial charge in [-0.15, -0.1) is 0 Å². The molecule has 2 aromatic carbocycles. The molecule has 0 N–H and O–H groups in total. The third-order valence-corrected chi connectivity index (χ3v) is 6.24. The molecule has 0 spiro atoms. The predicted molar refractivity (Wildman–Crippen MR) is 117 cm³/mol. The molecule has 0 aliphatic rings. The number of carbonyl (C=O) groups is 1. The van der Waals surface area contributed by atoms with Gasteiger partial charge in [-0.2, -0.15) is 0 Å². The minimum Gasteiger partial charge on any atom is -0.351 e. The Bertz CT molecular complexity index is 1390. The van der Waals surface area contributed by atoms with Crippen LogP contribution in [0.4, 0.5) is 8.78 Å². The molecule has 8 heteroatoms. The zero-order valence-electron chi connectivity index (χ0n) is 17.1. The maximum Gasteiger partial charge on any atom is 0.266 e. The second-order valence-corrected chi connectivity index (χ2v) is 8.15. The van der Waals surface area contributed by atoms with Gasteiger partial charge in [-0.3, -0.25) is 14.2 Å². The Morgan fingerprint density at radius 1 is 1.10 bits per heavy atom. The lowest BCUT2D eigenvalue weighted by Crippen LogP contribution is -2.23. The number of rotatable bonds is 5. The molecule has 0 atom stereocenters. The van der Waals surface area contributed by atoms with Crippen molar-refractivity contribution in [3.8, 4) is 5.69 Å². The summed E-state index contributed by atoms with van der Waals surface area (Å²) >= 11 is 1.04. The van der Waals surface area contributed by atoms with Gasteiger partial charge in [0.2, 0.25) is 0 Å². The molecule has 0 aliphatic carbocycles. The van der Waals surface area contributed by atoms with E-state index in [1.165, 1.54) is 6.07 Å². The van der Waals surface area contributed by atoms with E-state index in [0.717, 1.165) is 33.8 Å². The number of hydrogen-bond donors (Lipinski definition) is 0. The van der Waals surface area contributed by atoms with Crippen LogP contribution in [0.5, 0.6) is 0 Å². The maximum absolute atomic E-state index is 14.6. The molecule has 0 saturated heterocycles. The van der Waals surface area contributed by atoms with E-state index in [4.69, 9.17) is 0 Å². The molecule has 0 radical (unpaired) electrons. The van der Waals surface area contributed by atoms with Crippen LogP contribution in [0, 0.1) is 25.5 Å². The summed E-state index contributed by atoms with van der Waals surface area (Å²) in [5.41, 5.74) is 2.23. The molecule has 4 rings (SSSR count). The number of nitrogens with zero attached hydrogens (tertiary/aromatic N) is 3. The van der Waals surface area contributed by atoms with E-state index in [2.05, 4.69) is 4.98 Å². The summed E-state index contributed by atoms with van der Waals surface area (Å²) in [6.07, 6.45) is 0. The van der Waals surface area contributed by atoms with Gasteiger partial charge in [0.15, 0.2) is 10.9 Å². The number of carbonyl (C=O) groups excluding carboxylic acids is 1. The lowest BCUT2D eigenvalue weighted by molar-refractivity contribution is 0.102. The number of fused-ring (bicyclic) bond motifs is 1. The SMILES string of the molecule is Cc1cc(C(=O)CSc2nc3ccccc3c(=O)n2-c2ccc(F)cc2F)c(C)n1C. The number of aryl methyl sites for hydroxylation is 1. The molecule has 0 unspecified atom stereocenters. The standard InChI is InChI=1S/C23H19F2N3O2S/c1-13-10-17(14(2)27(13)3)21(29)12-31-23-26-19-7-5-4-6-16(19)22(30)28(23)20-9-8-15(24)11-18(20)25/h4-11H,12H2,1-3H3. The second kappa shape index (κ2) is 8.11. The van der Waals surface area contributed by atoms with Gasteiger partial charge in [-0.25, -0.2) is 13.8 Å². The Hall–Kier alpha value is -3.26. The Morgan fingerprint density at radius 3 is 2.52 bits per heavy atom. The van der Waals surface area contributed by atoms with E-state index in [9.17, 15) is 18.4 Å². The number of thioether (sulfide) groups is 1. The molecule has 158 valence electrons. The van der Waals surface area contributed by atoms with Crippen molar-refractivity contribution >= 4 is 28.4 Å². The van der Waals surface area contributed by atoms with Crippen LogP contribution in [0.2, 0.25) is 0 Å².